The van der Waals surface area contributed by atoms with E-state index in [1.54, 1.807) is 6.20 Å². The topological polar surface area (TPSA) is 54.0 Å². The standard InChI is InChI=1S/C12H19N3O/c1-9(2)14-8-12(16)15-10(3)11-6-4-5-7-13-11/h4-7,9-10,14H,8H2,1-3H3,(H,15,16)/t10-/m1/s1. The Kier molecular flexibility index (Phi) is 4.92. The molecule has 1 aromatic heterocycles. The van der Waals surface area contributed by atoms with E-state index in [1.807, 2.05) is 39.0 Å². The fourth-order valence-corrected chi connectivity index (χ4v) is 1.30. The lowest BCUT2D eigenvalue weighted by Gasteiger charge is -2.14. The van der Waals surface area contributed by atoms with Gasteiger partial charge in [-0.05, 0) is 19.1 Å². The second-order valence-electron chi connectivity index (χ2n) is 4.08. The molecule has 1 aromatic rings. The monoisotopic (exact) mass is 221 g/mol. The van der Waals surface area contributed by atoms with Gasteiger partial charge in [0.25, 0.3) is 0 Å². The van der Waals surface area contributed by atoms with Gasteiger partial charge in [0.15, 0.2) is 0 Å². The lowest BCUT2D eigenvalue weighted by atomic mass is 10.2. The van der Waals surface area contributed by atoms with Crippen molar-refractivity contribution in [1.29, 1.82) is 0 Å². The third-order valence-electron chi connectivity index (χ3n) is 2.18. The number of hydrogen-bond acceptors (Lipinski definition) is 3. The second kappa shape index (κ2) is 6.23. The molecule has 1 rings (SSSR count). The lowest BCUT2D eigenvalue weighted by Crippen LogP contribution is -2.38. The van der Waals surface area contributed by atoms with Crippen molar-refractivity contribution in [2.24, 2.45) is 0 Å². The second-order valence-corrected chi connectivity index (χ2v) is 4.08. The van der Waals surface area contributed by atoms with Gasteiger partial charge >= 0.3 is 0 Å². The van der Waals surface area contributed by atoms with E-state index in [2.05, 4.69) is 15.6 Å². The molecule has 16 heavy (non-hydrogen) atoms. The summed E-state index contributed by atoms with van der Waals surface area (Å²) in [7, 11) is 0. The number of amides is 1. The SMILES string of the molecule is CC(C)NCC(=O)N[C@H](C)c1ccccn1. The molecule has 1 atom stereocenters. The van der Waals surface area contributed by atoms with E-state index in [0.717, 1.165) is 5.69 Å². The summed E-state index contributed by atoms with van der Waals surface area (Å²) >= 11 is 0. The Morgan fingerprint density at radius 2 is 2.12 bits per heavy atom. The predicted molar refractivity (Wildman–Crippen MR) is 63.9 cm³/mol. The molecule has 0 aromatic carbocycles. The van der Waals surface area contributed by atoms with Crippen molar-refractivity contribution in [1.82, 2.24) is 15.6 Å². The molecule has 0 fully saturated rings. The summed E-state index contributed by atoms with van der Waals surface area (Å²) in [6.45, 7) is 6.29. The van der Waals surface area contributed by atoms with Crippen LogP contribution in [0, 0.1) is 0 Å². The number of nitrogens with zero attached hydrogens (tertiary/aromatic N) is 1. The first-order valence-corrected chi connectivity index (χ1v) is 5.53. The molecular weight excluding hydrogens is 202 g/mol. The van der Waals surface area contributed by atoms with E-state index in [1.165, 1.54) is 0 Å². The molecule has 0 aliphatic rings. The number of pyridine rings is 1. The summed E-state index contributed by atoms with van der Waals surface area (Å²) in [5, 5.41) is 5.96. The van der Waals surface area contributed by atoms with Gasteiger partial charge in [0.05, 0.1) is 18.3 Å². The molecule has 0 saturated carbocycles. The average molecular weight is 221 g/mol. The molecule has 0 unspecified atom stereocenters. The molecule has 4 heteroatoms. The lowest BCUT2D eigenvalue weighted by molar-refractivity contribution is -0.121. The highest BCUT2D eigenvalue weighted by atomic mass is 16.1. The number of nitrogens with one attached hydrogen (secondary N) is 2. The van der Waals surface area contributed by atoms with Gasteiger partial charge in [-0.15, -0.1) is 0 Å². The molecule has 0 bridgehead atoms. The molecule has 2 N–H and O–H groups in total. The number of carbonyl (C=O) groups is 1. The Morgan fingerprint density at radius 1 is 1.38 bits per heavy atom. The van der Waals surface area contributed by atoms with E-state index in [9.17, 15) is 4.79 Å². The van der Waals surface area contributed by atoms with Crippen LogP contribution in [0.1, 0.15) is 32.5 Å². The quantitative estimate of drug-likeness (QED) is 0.787. The van der Waals surface area contributed by atoms with Gasteiger partial charge in [-0.3, -0.25) is 9.78 Å². The molecule has 1 heterocycles. The van der Waals surface area contributed by atoms with Crippen molar-refractivity contribution in [2.45, 2.75) is 32.9 Å². The Hall–Kier alpha value is -1.42. The minimum atomic E-state index is -0.0531. The smallest absolute Gasteiger partial charge is 0.234 e. The van der Waals surface area contributed by atoms with Crippen molar-refractivity contribution in [3.05, 3.63) is 30.1 Å². The predicted octanol–water partition coefficient (Wildman–Crippen LogP) is 1.26. The maximum Gasteiger partial charge on any atom is 0.234 e. The Morgan fingerprint density at radius 3 is 2.69 bits per heavy atom. The van der Waals surface area contributed by atoms with Crippen molar-refractivity contribution >= 4 is 5.91 Å². The number of carbonyl (C=O) groups excluding carboxylic acids is 1. The molecule has 0 aliphatic heterocycles. The van der Waals surface area contributed by atoms with Crippen LogP contribution in [0.5, 0.6) is 0 Å². The molecule has 1 amide bonds. The molecule has 0 radical (unpaired) electrons. The van der Waals surface area contributed by atoms with Gasteiger partial charge in [0.1, 0.15) is 0 Å². The highest BCUT2D eigenvalue weighted by molar-refractivity contribution is 5.78. The summed E-state index contributed by atoms with van der Waals surface area (Å²) in [6.07, 6.45) is 1.73. The summed E-state index contributed by atoms with van der Waals surface area (Å²) in [4.78, 5) is 15.7. The van der Waals surface area contributed by atoms with Crippen LogP contribution < -0.4 is 10.6 Å². The van der Waals surface area contributed by atoms with Gasteiger partial charge in [-0.25, -0.2) is 0 Å². The molecule has 4 nitrogen and oxygen atoms in total. The van der Waals surface area contributed by atoms with Crippen molar-refractivity contribution in [3.8, 4) is 0 Å². The average Bonchev–Trinajstić information content (AvgIpc) is 2.27. The first-order valence-electron chi connectivity index (χ1n) is 5.53. The summed E-state index contributed by atoms with van der Waals surface area (Å²) in [6, 6.07) is 5.94. The highest BCUT2D eigenvalue weighted by Gasteiger charge is 2.09. The van der Waals surface area contributed by atoms with Crippen molar-refractivity contribution in [3.63, 3.8) is 0 Å². The normalized spacial score (nSPS) is 12.5. The zero-order valence-electron chi connectivity index (χ0n) is 10.0. The van der Waals surface area contributed by atoms with Crippen LogP contribution in [-0.2, 0) is 4.79 Å². The number of aromatic nitrogens is 1. The zero-order chi connectivity index (χ0) is 12.0. The molecule has 88 valence electrons. The van der Waals surface area contributed by atoms with Crippen LogP contribution in [0.25, 0.3) is 0 Å². The van der Waals surface area contributed by atoms with Gasteiger partial charge in [-0.2, -0.15) is 0 Å². The molecule has 0 spiro atoms. The van der Waals surface area contributed by atoms with E-state index in [4.69, 9.17) is 0 Å². The first-order chi connectivity index (χ1) is 7.59. The maximum absolute atomic E-state index is 11.5. The molecular formula is C12H19N3O. The summed E-state index contributed by atoms with van der Waals surface area (Å²) in [5.41, 5.74) is 0.875. The van der Waals surface area contributed by atoms with E-state index in [-0.39, 0.29) is 11.9 Å². The maximum atomic E-state index is 11.5. The minimum absolute atomic E-state index is 0.00754. The van der Waals surface area contributed by atoms with E-state index in [0.29, 0.717) is 12.6 Å². The molecule has 0 saturated heterocycles. The Bertz CT molecular complexity index is 324. The molecule has 0 aliphatic carbocycles. The van der Waals surface area contributed by atoms with Crippen molar-refractivity contribution < 1.29 is 4.79 Å². The summed E-state index contributed by atoms with van der Waals surface area (Å²) < 4.78 is 0. The first kappa shape index (κ1) is 12.6. The largest absolute Gasteiger partial charge is 0.347 e. The van der Waals surface area contributed by atoms with Gasteiger partial charge in [0, 0.05) is 12.2 Å². The van der Waals surface area contributed by atoms with E-state index < -0.39 is 0 Å². The third-order valence-corrected chi connectivity index (χ3v) is 2.18. The minimum Gasteiger partial charge on any atom is -0.347 e. The van der Waals surface area contributed by atoms with Crippen LogP contribution in [0.2, 0.25) is 0 Å². The van der Waals surface area contributed by atoms with Crippen LogP contribution >= 0.6 is 0 Å². The van der Waals surface area contributed by atoms with Crippen LogP contribution in [0.4, 0.5) is 0 Å². The highest BCUT2D eigenvalue weighted by Crippen LogP contribution is 2.06. The van der Waals surface area contributed by atoms with Crippen LogP contribution in [-0.4, -0.2) is 23.5 Å². The summed E-state index contributed by atoms with van der Waals surface area (Å²) in [5.74, 6) is -0.00754. The van der Waals surface area contributed by atoms with Crippen molar-refractivity contribution in [2.75, 3.05) is 6.54 Å². The Labute approximate surface area is 96.5 Å². The third kappa shape index (κ3) is 4.40. The fourth-order valence-electron chi connectivity index (χ4n) is 1.30. The van der Waals surface area contributed by atoms with Crippen LogP contribution in [0.3, 0.4) is 0 Å². The fraction of sp³-hybridized carbons (Fsp3) is 0.500. The Balaban J connectivity index is 2.40. The van der Waals surface area contributed by atoms with Crippen LogP contribution in [0.15, 0.2) is 24.4 Å². The zero-order valence-corrected chi connectivity index (χ0v) is 10.0. The van der Waals surface area contributed by atoms with Gasteiger partial charge in [-0.1, -0.05) is 19.9 Å². The van der Waals surface area contributed by atoms with Gasteiger partial charge in [0.2, 0.25) is 5.91 Å². The van der Waals surface area contributed by atoms with E-state index >= 15 is 0 Å². The number of hydrogen-bond donors (Lipinski definition) is 2. The van der Waals surface area contributed by atoms with Gasteiger partial charge < -0.3 is 10.6 Å². The number of rotatable bonds is 5.